The fraction of sp³-hybridized carbons (Fsp3) is 0.600. The van der Waals surface area contributed by atoms with Crippen LogP contribution in [0.4, 0.5) is 11.6 Å². The second kappa shape index (κ2) is 5.09. The number of hydrogen-bond donors (Lipinski definition) is 3. The van der Waals surface area contributed by atoms with Crippen molar-refractivity contribution in [1.29, 1.82) is 0 Å². The molecule has 4 N–H and O–H groups in total. The average molecular weight is 222 g/mol. The largest absolute Gasteiger partial charge is 0.308 e. The van der Waals surface area contributed by atoms with Gasteiger partial charge in [0.25, 0.3) is 0 Å². The molecule has 0 aromatic carbocycles. The van der Waals surface area contributed by atoms with E-state index < -0.39 is 0 Å². The Bertz CT molecular complexity index is 347. The number of nitrogens with two attached hydrogens (primary N) is 1. The minimum absolute atomic E-state index is 0.662. The van der Waals surface area contributed by atoms with E-state index in [1.165, 1.54) is 25.6 Å². The van der Waals surface area contributed by atoms with E-state index in [1.54, 1.807) is 0 Å². The number of aromatic nitrogens is 2. The van der Waals surface area contributed by atoms with Crippen molar-refractivity contribution < 1.29 is 0 Å². The Morgan fingerprint density at radius 3 is 2.56 bits per heavy atom. The van der Waals surface area contributed by atoms with Crippen LogP contribution in [0.2, 0.25) is 0 Å². The van der Waals surface area contributed by atoms with E-state index in [9.17, 15) is 0 Å². The van der Waals surface area contributed by atoms with E-state index in [1.807, 2.05) is 6.92 Å². The smallest absolute Gasteiger partial charge is 0.148 e. The molecule has 0 amide bonds. The third kappa shape index (κ3) is 2.40. The molecule has 16 heavy (non-hydrogen) atoms. The van der Waals surface area contributed by atoms with Crippen molar-refractivity contribution in [3.63, 3.8) is 0 Å². The molecular formula is C10H18N6. The maximum atomic E-state index is 5.37. The van der Waals surface area contributed by atoms with Crippen LogP contribution >= 0.6 is 0 Å². The molecule has 0 radical (unpaired) electrons. The minimum Gasteiger partial charge on any atom is -0.308 e. The van der Waals surface area contributed by atoms with E-state index in [0.717, 1.165) is 24.5 Å². The van der Waals surface area contributed by atoms with Crippen molar-refractivity contribution in [2.45, 2.75) is 26.2 Å². The normalized spacial score (nSPS) is 17.1. The number of nitrogens with zero attached hydrogens (tertiary/aromatic N) is 3. The zero-order chi connectivity index (χ0) is 11.4. The molecule has 0 atom stereocenters. The first-order valence-corrected chi connectivity index (χ1v) is 5.61. The van der Waals surface area contributed by atoms with Crippen LogP contribution < -0.4 is 16.7 Å². The van der Waals surface area contributed by atoms with Crippen LogP contribution in [0.5, 0.6) is 0 Å². The van der Waals surface area contributed by atoms with Crippen LogP contribution in [0.25, 0.3) is 0 Å². The Hall–Kier alpha value is -1.40. The summed E-state index contributed by atoms with van der Waals surface area (Å²) in [6.07, 6.45) is 5.29. The van der Waals surface area contributed by atoms with E-state index in [2.05, 4.69) is 25.8 Å². The zero-order valence-electron chi connectivity index (χ0n) is 9.53. The molecule has 1 aliphatic rings. The number of nitrogen functional groups attached to an aromatic ring is 1. The Morgan fingerprint density at radius 2 is 1.88 bits per heavy atom. The fourth-order valence-corrected chi connectivity index (χ4v) is 1.86. The van der Waals surface area contributed by atoms with Gasteiger partial charge in [0.15, 0.2) is 0 Å². The summed E-state index contributed by atoms with van der Waals surface area (Å²) >= 11 is 0. The SMILES string of the molecule is Cc1c(NN)ncnc1NN1CCCCC1. The summed E-state index contributed by atoms with van der Waals surface area (Å²) in [5.41, 5.74) is 6.81. The Balaban J connectivity index is 2.08. The Kier molecular flexibility index (Phi) is 3.53. The van der Waals surface area contributed by atoms with Crippen molar-refractivity contribution in [3.8, 4) is 0 Å². The van der Waals surface area contributed by atoms with Gasteiger partial charge in [-0.1, -0.05) is 6.42 Å². The van der Waals surface area contributed by atoms with Crippen molar-refractivity contribution in [3.05, 3.63) is 11.9 Å². The molecule has 0 spiro atoms. The van der Waals surface area contributed by atoms with E-state index in [4.69, 9.17) is 5.84 Å². The van der Waals surface area contributed by atoms with Gasteiger partial charge in [0.2, 0.25) is 0 Å². The molecule has 0 saturated carbocycles. The number of hydrogen-bond acceptors (Lipinski definition) is 6. The first-order chi connectivity index (χ1) is 7.81. The number of piperidine rings is 1. The van der Waals surface area contributed by atoms with Gasteiger partial charge in [-0.3, -0.25) is 0 Å². The van der Waals surface area contributed by atoms with Crippen LogP contribution in [-0.2, 0) is 0 Å². The van der Waals surface area contributed by atoms with Crippen LogP contribution in [0.3, 0.4) is 0 Å². The van der Waals surface area contributed by atoms with Gasteiger partial charge >= 0.3 is 0 Å². The fourth-order valence-electron chi connectivity index (χ4n) is 1.86. The molecule has 1 aliphatic heterocycles. The molecule has 6 nitrogen and oxygen atoms in total. The zero-order valence-corrected chi connectivity index (χ0v) is 9.53. The maximum absolute atomic E-state index is 5.37. The minimum atomic E-state index is 0.662. The van der Waals surface area contributed by atoms with Gasteiger partial charge in [-0.25, -0.2) is 20.8 Å². The Morgan fingerprint density at radius 1 is 1.19 bits per heavy atom. The van der Waals surface area contributed by atoms with Crippen LogP contribution in [0, 0.1) is 6.92 Å². The first-order valence-electron chi connectivity index (χ1n) is 5.61. The summed E-state index contributed by atoms with van der Waals surface area (Å²) in [6, 6.07) is 0. The Labute approximate surface area is 95.2 Å². The predicted octanol–water partition coefficient (Wildman–Crippen LogP) is 0.883. The molecular weight excluding hydrogens is 204 g/mol. The van der Waals surface area contributed by atoms with E-state index in [0.29, 0.717) is 5.82 Å². The predicted molar refractivity (Wildman–Crippen MR) is 63.6 cm³/mol. The molecule has 1 aromatic rings. The lowest BCUT2D eigenvalue weighted by atomic mass is 10.2. The summed E-state index contributed by atoms with van der Waals surface area (Å²) < 4.78 is 0. The third-order valence-corrected chi connectivity index (χ3v) is 2.84. The number of hydrazine groups is 2. The highest BCUT2D eigenvalue weighted by Gasteiger charge is 2.12. The van der Waals surface area contributed by atoms with Gasteiger partial charge in [-0.2, -0.15) is 0 Å². The van der Waals surface area contributed by atoms with Gasteiger partial charge < -0.3 is 10.9 Å². The lowest BCUT2D eigenvalue weighted by Gasteiger charge is -2.28. The van der Waals surface area contributed by atoms with Gasteiger partial charge in [-0.15, -0.1) is 0 Å². The summed E-state index contributed by atoms with van der Waals surface area (Å²) in [5, 5.41) is 2.19. The second-order valence-corrected chi connectivity index (χ2v) is 4.00. The summed E-state index contributed by atoms with van der Waals surface area (Å²) in [5.74, 6) is 6.86. The van der Waals surface area contributed by atoms with Crippen LogP contribution in [0.15, 0.2) is 6.33 Å². The summed E-state index contributed by atoms with van der Waals surface area (Å²) in [7, 11) is 0. The van der Waals surface area contributed by atoms with Crippen molar-refractivity contribution in [1.82, 2.24) is 15.0 Å². The topological polar surface area (TPSA) is 79.1 Å². The van der Waals surface area contributed by atoms with Gasteiger partial charge in [0.1, 0.15) is 18.0 Å². The highest BCUT2D eigenvalue weighted by Crippen LogP contribution is 2.19. The summed E-state index contributed by atoms with van der Waals surface area (Å²) in [4.78, 5) is 8.27. The van der Waals surface area contributed by atoms with Crippen molar-refractivity contribution in [2.75, 3.05) is 23.9 Å². The van der Waals surface area contributed by atoms with Gasteiger partial charge in [0, 0.05) is 18.7 Å². The van der Waals surface area contributed by atoms with E-state index in [-0.39, 0.29) is 0 Å². The maximum Gasteiger partial charge on any atom is 0.148 e. The molecule has 1 saturated heterocycles. The van der Waals surface area contributed by atoms with Crippen molar-refractivity contribution >= 4 is 11.6 Å². The first kappa shape index (κ1) is 11.1. The highest BCUT2D eigenvalue weighted by atomic mass is 15.5. The molecule has 0 bridgehead atoms. The number of anilines is 2. The molecule has 88 valence electrons. The molecule has 2 rings (SSSR count). The molecule has 1 fully saturated rings. The summed E-state index contributed by atoms with van der Waals surface area (Å²) in [6.45, 7) is 4.07. The number of nitrogens with one attached hydrogen (secondary N) is 2. The quantitative estimate of drug-likeness (QED) is 0.520. The van der Waals surface area contributed by atoms with Gasteiger partial charge in [-0.05, 0) is 19.8 Å². The number of rotatable bonds is 3. The van der Waals surface area contributed by atoms with E-state index >= 15 is 0 Å². The second-order valence-electron chi connectivity index (χ2n) is 4.00. The van der Waals surface area contributed by atoms with Crippen molar-refractivity contribution in [2.24, 2.45) is 5.84 Å². The monoisotopic (exact) mass is 222 g/mol. The van der Waals surface area contributed by atoms with Gasteiger partial charge in [0.05, 0.1) is 0 Å². The average Bonchev–Trinajstić information content (AvgIpc) is 2.33. The highest BCUT2D eigenvalue weighted by molar-refractivity contribution is 5.55. The molecule has 1 aromatic heterocycles. The lowest BCUT2D eigenvalue weighted by molar-refractivity contribution is 0.272. The van der Waals surface area contributed by atoms with Crippen LogP contribution in [-0.4, -0.2) is 28.1 Å². The standard InChI is InChI=1S/C10H18N6/c1-8-9(14-11)12-7-13-10(8)15-16-5-3-2-4-6-16/h7H,2-6,11H2,1H3,(H2,12,13,14,15). The molecule has 6 heteroatoms. The molecule has 2 heterocycles. The molecule has 0 unspecified atom stereocenters. The van der Waals surface area contributed by atoms with Crippen LogP contribution in [0.1, 0.15) is 24.8 Å². The third-order valence-electron chi connectivity index (χ3n) is 2.84. The lowest BCUT2D eigenvalue weighted by Crippen LogP contribution is -2.35. The molecule has 0 aliphatic carbocycles.